The Morgan fingerprint density at radius 3 is 2.63 bits per heavy atom. The van der Waals surface area contributed by atoms with Gasteiger partial charge in [0.05, 0.1) is 23.0 Å². The fourth-order valence-corrected chi connectivity index (χ4v) is 2.76. The van der Waals surface area contributed by atoms with E-state index in [0.717, 1.165) is 0 Å². The van der Waals surface area contributed by atoms with Crippen molar-refractivity contribution < 1.29 is 22.7 Å². The van der Waals surface area contributed by atoms with Gasteiger partial charge in [0.1, 0.15) is 23.4 Å². The van der Waals surface area contributed by atoms with Gasteiger partial charge in [-0.25, -0.2) is 15.0 Å². The summed E-state index contributed by atoms with van der Waals surface area (Å²) >= 11 is 0. The Bertz CT molecular complexity index is 1220. The second kappa shape index (κ2) is 7.74. The third kappa shape index (κ3) is 4.32. The molecule has 2 heterocycles. The molecule has 0 atom stereocenters. The van der Waals surface area contributed by atoms with E-state index in [9.17, 15) is 18.0 Å². The zero-order valence-electron chi connectivity index (χ0n) is 15.1. The summed E-state index contributed by atoms with van der Waals surface area (Å²) < 4.78 is 41.5. The highest BCUT2D eigenvalue weighted by Crippen LogP contribution is 2.28. The van der Waals surface area contributed by atoms with Gasteiger partial charge in [0.15, 0.2) is 0 Å². The van der Waals surface area contributed by atoms with Crippen LogP contribution in [-0.4, -0.2) is 32.2 Å². The van der Waals surface area contributed by atoms with Crippen molar-refractivity contribution in [3.63, 3.8) is 0 Å². The molecule has 1 amide bonds. The average Bonchev–Trinajstić information content (AvgIpc) is 2.72. The highest BCUT2D eigenvalue weighted by atomic mass is 19.4. The smallest absolute Gasteiger partial charge is 0.406 e. The highest BCUT2D eigenvalue weighted by molar-refractivity contribution is 6.11. The lowest BCUT2D eigenvalue weighted by molar-refractivity contribution is -0.274. The summed E-state index contributed by atoms with van der Waals surface area (Å²) in [5.41, 5.74) is 1.64. The Balaban J connectivity index is 1.71. The molecule has 0 saturated carbocycles. The van der Waals surface area contributed by atoms with Crippen molar-refractivity contribution in [2.24, 2.45) is 0 Å². The second-order valence-corrected chi connectivity index (χ2v) is 6.05. The molecule has 0 fully saturated rings. The summed E-state index contributed by atoms with van der Waals surface area (Å²) in [5, 5.41) is 2.64. The number of carbonyl (C=O) groups is 1. The number of hydrogen-bond acceptors (Lipinski definition) is 6. The number of aromatic nitrogens is 4. The Morgan fingerprint density at radius 1 is 1.03 bits per heavy atom. The van der Waals surface area contributed by atoms with Gasteiger partial charge < -0.3 is 10.1 Å². The van der Waals surface area contributed by atoms with Crippen molar-refractivity contribution in [2.75, 3.05) is 5.32 Å². The molecule has 1 N–H and O–H groups in total. The van der Waals surface area contributed by atoms with Crippen molar-refractivity contribution in [2.45, 2.75) is 6.36 Å². The van der Waals surface area contributed by atoms with Gasteiger partial charge >= 0.3 is 6.36 Å². The monoisotopic (exact) mass is 411 g/mol. The van der Waals surface area contributed by atoms with Crippen LogP contribution in [0.3, 0.4) is 0 Å². The Labute approximate surface area is 167 Å². The van der Waals surface area contributed by atoms with Crippen molar-refractivity contribution in [3.8, 4) is 17.0 Å². The molecular formula is C20H12F3N5O2. The molecule has 0 bridgehead atoms. The molecule has 0 unspecified atom stereocenters. The van der Waals surface area contributed by atoms with Gasteiger partial charge in [-0.15, -0.1) is 13.2 Å². The largest absolute Gasteiger partial charge is 0.573 e. The van der Waals surface area contributed by atoms with Crippen LogP contribution in [0.2, 0.25) is 0 Å². The van der Waals surface area contributed by atoms with Crippen molar-refractivity contribution >= 4 is 22.8 Å². The van der Waals surface area contributed by atoms with Gasteiger partial charge in [0.2, 0.25) is 0 Å². The first-order valence-corrected chi connectivity index (χ1v) is 8.58. The number of rotatable bonds is 4. The third-order valence-corrected chi connectivity index (χ3v) is 4.00. The van der Waals surface area contributed by atoms with E-state index < -0.39 is 12.3 Å². The predicted octanol–water partition coefficient (Wildman–Crippen LogP) is 4.24. The van der Waals surface area contributed by atoms with E-state index in [-0.39, 0.29) is 17.0 Å². The predicted molar refractivity (Wildman–Crippen MR) is 102 cm³/mol. The molecule has 0 aliphatic rings. The van der Waals surface area contributed by atoms with Gasteiger partial charge in [-0.2, -0.15) is 0 Å². The molecule has 0 spiro atoms. The van der Waals surface area contributed by atoms with Crippen LogP contribution in [0.4, 0.5) is 19.0 Å². The van der Waals surface area contributed by atoms with E-state index in [0.29, 0.717) is 22.4 Å². The molecule has 2 aromatic carbocycles. The molecule has 30 heavy (non-hydrogen) atoms. The normalized spacial score (nSPS) is 11.3. The molecule has 7 nitrogen and oxygen atoms in total. The van der Waals surface area contributed by atoms with Crippen LogP contribution in [0.1, 0.15) is 10.4 Å². The van der Waals surface area contributed by atoms with E-state index in [1.807, 2.05) is 0 Å². The molecule has 0 aliphatic heterocycles. The Kier molecular flexibility index (Phi) is 4.97. The lowest BCUT2D eigenvalue weighted by Gasteiger charge is -2.11. The van der Waals surface area contributed by atoms with Gasteiger partial charge in [-0.3, -0.25) is 9.78 Å². The lowest BCUT2D eigenvalue weighted by atomic mass is 10.1. The summed E-state index contributed by atoms with van der Waals surface area (Å²) in [6.07, 6.45) is -0.604. The van der Waals surface area contributed by atoms with Crippen LogP contribution in [-0.2, 0) is 0 Å². The van der Waals surface area contributed by atoms with Gasteiger partial charge in [-0.05, 0) is 30.3 Å². The minimum Gasteiger partial charge on any atom is -0.406 e. The minimum atomic E-state index is -4.81. The molecule has 0 aliphatic carbocycles. The number of halogens is 3. The number of anilines is 1. The topological polar surface area (TPSA) is 89.9 Å². The van der Waals surface area contributed by atoms with Crippen LogP contribution in [0.25, 0.3) is 22.3 Å². The van der Waals surface area contributed by atoms with Crippen LogP contribution in [0, 0.1) is 0 Å². The van der Waals surface area contributed by atoms with Crippen LogP contribution >= 0.6 is 0 Å². The van der Waals surface area contributed by atoms with Crippen molar-refractivity contribution in [3.05, 3.63) is 72.8 Å². The molecule has 0 saturated heterocycles. The summed E-state index contributed by atoms with van der Waals surface area (Å²) in [7, 11) is 0. The van der Waals surface area contributed by atoms with Gasteiger partial charge in [0, 0.05) is 11.8 Å². The second-order valence-electron chi connectivity index (χ2n) is 6.05. The SMILES string of the molecule is O=C(Nc1ccncn1)c1cccc2ncc(-c3cccc(OC(F)(F)F)c3)nc12. The average molecular weight is 411 g/mol. The fraction of sp³-hybridized carbons (Fsp3) is 0.0500. The van der Waals surface area contributed by atoms with Crippen molar-refractivity contribution in [1.82, 2.24) is 19.9 Å². The van der Waals surface area contributed by atoms with Crippen LogP contribution in [0.5, 0.6) is 5.75 Å². The molecule has 10 heteroatoms. The molecule has 4 aromatic rings. The van der Waals surface area contributed by atoms with E-state index in [4.69, 9.17) is 0 Å². The molecule has 150 valence electrons. The first kappa shape index (κ1) is 19.2. The van der Waals surface area contributed by atoms with E-state index >= 15 is 0 Å². The summed E-state index contributed by atoms with van der Waals surface area (Å²) in [4.78, 5) is 29.2. The first-order chi connectivity index (χ1) is 14.4. The molecular weight excluding hydrogens is 399 g/mol. The van der Waals surface area contributed by atoms with E-state index in [1.165, 1.54) is 43.0 Å². The summed E-state index contributed by atoms with van der Waals surface area (Å²) in [6.45, 7) is 0. The number of fused-ring (bicyclic) bond motifs is 1. The summed E-state index contributed by atoms with van der Waals surface area (Å²) in [6, 6.07) is 11.8. The maximum Gasteiger partial charge on any atom is 0.573 e. The van der Waals surface area contributed by atoms with E-state index in [1.54, 1.807) is 24.3 Å². The highest BCUT2D eigenvalue weighted by Gasteiger charge is 2.31. The number of nitrogens with zero attached hydrogens (tertiary/aromatic N) is 4. The first-order valence-electron chi connectivity index (χ1n) is 8.58. The third-order valence-electron chi connectivity index (χ3n) is 4.00. The van der Waals surface area contributed by atoms with E-state index in [2.05, 4.69) is 30.0 Å². The number of amides is 1. The zero-order chi connectivity index (χ0) is 21.1. The Morgan fingerprint density at radius 2 is 1.87 bits per heavy atom. The maximum atomic E-state index is 12.7. The number of benzene rings is 2. The maximum absolute atomic E-state index is 12.7. The number of para-hydroxylation sites is 1. The molecule has 0 radical (unpaired) electrons. The quantitative estimate of drug-likeness (QED) is 0.540. The Hall–Kier alpha value is -4.08. The molecule has 4 rings (SSSR count). The number of alkyl halides is 3. The van der Waals surface area contributed by atoms with Crippen LogP contribution in [0.15, 0.2) is 67.3 Å². The van der Waals surface area contributed by atoms with Gasteiger partial charge in [0.25, 0.3) is 5.91 Å². The van der Waals surface area contributed by atoms with Crippen LogP contribution < -0.4 is 10.1 Å². The molecule has 2 aromatic heterocycles. The zero-order valence-corrected chi connectivity index (χ0v) is 15.1. The number of hydrogen-bond donors (Lipinski definition) is 1. The fourth-order valence-electron chi connectivity index (χ4n) is 2.76. The minimum absolute atomic E-state index is 0.239. The lowest BCUT2D eigenvalue weighted by Crippen LogP contribution is -2.17. The standard InChI is InChI=1S/C20H12F3N5O2/c21-20(22,23)30-13-4-1-3-12(9-13)16-10-25-15-6-2-5-14(18(15)27-16)19(29)28-17-7-8-24-11-26-17/h1-11H,(H,24,26,28,29). The van der Waals surface area contributed by atoms with Gasteiger partial charge in [-0.1, -0.05) is 18.2 Å². The number of carbonyl (C=O) groups excluding carboxylic acids is 1. The number of ether oxygens (including phenoxy) is 1. The number of nitrogens with one attached hydrogen (secondary N) is 1. The van der Waals surface area contributed by atoms with Crippen molar-refractivity contribution in [1.29, 1.82) is 0 Å². The summed E-state index contributed by atoms with van der Waals surface area (Å²) in [5.74, 6) is -0.523.